The fourth-order valence-electron chi connectivity index (χ4n) is 1.99. The number of benzene rings is 2. The standard InChI is InChI=1S/C17H13Cl2N3O2S/c1-10(15(23)20-13-9-5-8-12(18)14(13)19)25-17-22-21-16(24-17)11-6-3-2-4-7-11/h2-10H,1H3,(H,20,23)/t10-/m1/s1. The van der Waals surface area contributed by atoms with Crippen molar-refractivity contribution in [1.82, 2.24) is 10.2 Å². The van der Waals surface area contributed by atoms with Crippen LogP contribution in [0.4, 0.5) is 5.69 Å². The average molecular weight is 394 g/mol. The van der Waals surface area contributed by atoms with Gasteiger partial charge in [-0.2, -0.15) is 0 Å². The first-order chi connectivity index (χ1) is 12.0. The first-order valence-corrected chi connectivity index (χ1v) is 8.98. The number of hydrogen-bond donors (Lipinski definition) is 1. The van der Waals surface area contributed by atoms with Gasteiger partial charge in [-0.25, -0.2) is 0 Å². The van der Waals surface area contributed by atoms with Crippen molar-refractivity contribution in [3.63, 3.8) is 0 Å². The van der Waals surface area contributed by atoms with E-state index >= 15 is 0 Å². The van der Waals surface area contributed by atoms with Gasteiger partial charge in [0, 0.05) is 5.56 Å². The molecule has 1 heterocycles. The molecule has 3 rings (SSSR count). The summed E-state index contributed by atoms with van der Waals surface area (Å²) in [7, 11) is 0. The van der Waals surface area contributed by atoms with E-state index in [2.05, 4.69) is 15.5 Å². The molecule has 5 nitrogen and oxygen atoms in total. The number of halogens is 2. The minimum absolute atomic E-state index is 0.242. The van der Waals surface area contributed by atoms with E-state index in [4.69, 9.17) is 27.6 Å². The van der Waals surface area contributed by atoms with Gasteiger partial charge in [-0.05, 0) is 31.2 Å². The average Bonchev–Trinajstić information content (AvgIpc) is 3.08. The molecule has 1 amide bonds. The van der Waals surface area contributed by atoms with Crippen LogP contribution in [-0.4, -0.2) is 21.4 Å². The summed E-state index contributed by atoms with van der Waals surface area (Å²) < 4.78 is 5.60. The number of nitrogens with one attached hydrogen (secondary N) is 1. The number of carbonyl (C=O) groups is 1. The normalized spacial score (nSPS) is 12.0. The highest BCUT2D eigenvalue weighted by Crippen LogP contribution is 2.31. The third-order valence-corrected chi connectivity index (χ3v) is 5.04. The predicted octanol–water partition coefficient (Wildman–Crippen LogP) is 5.16. The zero-order chi connectivity index (χ0) is 17.8. The second-order valence-electron chi connectivity index (χ2n) is 5.09. The van der Waals surface area contributed by atoms with Crippen LogP contribution in [0.5, 0.6) is 0 Å². The zero-order valence-corrected chi connectivity index (χ0v) is 15.4. The van der Waals surface area contributed by atoms with E-state index in [1.54, 1.807) is 25.1 Å². The third-order valence-electron chi connectivity index (χ3n) is 3.28. The second-order valence-corrected chi connectivity index (χ2v) is 7.17. The van der Waals surface area contributed by atoms with Crippen molar-refractivity contribution in [1.29, 1.82) is 0 Å². The Morgan fingerprint density at radius 2 is 1.88 bits per heavy atom. The summed E-state index contributed by atoms with van der Waals surface area (Å²) in [4.78, 5) is 12.3. The van der Waals surface area contributed by atoms with Crippen LogP contribution in [0.2, 0.25) is 10.0 Å². The van der Waals surface area contributed by atoms with Crippen LogP contribution in [0.3, 0.4) is 0 Å². The number of carbonyl (C=O) groups excluding carboxylic acids is 1. The van der Waals surface area contributed by atoms with Crippen LogP contribution in [0.1, 0.15) is 6.92 Å². The van der Waals surface area contributed by atoms with Crippen molar-refractivity contribution in [3.05, 3.63) is 58.6 Å². The molecule has 0 bridgehead atoms. The minimum Gasteiger partial charge on any atom is -0.411 e. The number of rotatable bonds is 5. The predicted molar refractivity (Wildman–Crippen MR) is 100 cm³/mol. The molecule has 8 heteroatoms. The Morgan fingerprint density at radius 3 is 2.64 bits per heavy atom. The summed E-state index contributed by atoms with van der Waals surface area (Å²) >= 11 is 13.2. The summed E-state index contributed by atoms with van der Waals surface area (Å²) in [5, 5.41) is 11.3. The smallest absolute Gasteiger partial charge is 0.277 e. The number of anilines is 1. The maximum Gasteiger partial charge on any atom is 0.277 e. The molecule has 0 saturated carbocycles. The highest BCUT2D eigenvalue weighted by Gasteiger charge is 2.20. The van der Waals surface area contributed by atoms with Crippen molar-refractivity contribution < 1.29 is 9.21 Å². The molecule has 1 aromatic heterocycles. The number of thioether (sulfide) groups is 1. The molecule has 3 aromatic rings. The highest BCUT2D eigenvalue weighted by molar-refractivity contribution is 8.00. The molecule has 1 atom stereocenters. The molecular weight excluding hydrogens is 381 g/mol. The van der Waals surface area contributed by atoms with Crippen LogP contribution >= 0.6 is 35.0 Å². The van der Waals surface area contributed by atoms with Gasteiger partial charge in [0.25, 0.3) is 5.22 Å². The van der Waals surface area contributed by atoms with Gasteiger partial charge in [0.2, 0.25) is 11.8 Å². The molecule has 0 unspecified atom stereocenters. The topological polar surface area (TPSA) is 68.0 Å². The van der Waals surface area contributed by atoms with Gasteiger partial charge < -0.3 is 9.73 Å². The lowest BCUT2D eigenvalue weighted by atomic mass is 10.2. The maximum absolute atomic E-state index is 12.3. The molecule has 0 radical (unpaired) electrons. The van der Waals surface area contributed by atoms with Gasteiger partial charge in [0.1, 0.15) is 0 Å². The van der Waals surface area contributed by atoms with Gasteiger partial charge >= 0.3 is 0 Å². The largest absolute Gasteiger partial charge is 0.411 e. The van der Waals surface area contributed by atoms with E-state index in [1.165, 1.54) is 11.8 Å². The highest BCUT2D eigenvalue weighted by atomic mass is 35.5. The Labute approximate surface area is 158 Å². The van der Waals surface area contributed by atoms with E-state index < -0.39 is 5.25 Å². The Bertz CT molecular complexity index is 887. The lowest BCUT2D eigenvalue weighted by Gasteiger charge is -2.11. The van der Waals surface area contributed by atoms with E-state index in [0.29, 0.717) is 26.8 Å². The quantitative estimate of drug-likeness (QED) is 0.606. The molecule has 0 fully saturated rings. The second kappa shape index (κ2) is 7.91. The summed E-state index contributed by atoms with van der Waals surface area (Å²) in [5.74, 6) is 0.169. The molecule has 2 aromatic carbocycles. The van der Waals surface area contributed by atoms with Crippen molar-refractivity contribution in [3.8, 4) is 11.5 Å². The number of hydrogen-bond acceptors (Lipinski definition) is 5. The Morgan fingerprint density at radius 1 is 1.12 bits per heavy atom. The van der Waals surface area contributed by atoms with E-state index in [0.717, 1.165) is 5.56 Å². The monoisotopic (exact) mass is 393 g/mol. The van der Waals surface area contributed by atoms with Crippen molar-refractivity contribution >= 4 is 46.6 Å². The number of nitrogens with zero attached hydrogens (tertiary/aromatic N) is 2. The van der Waals surface area contributed by atoms with Crippen LogP contribution < -0.4 is 5.32 Å². The van der Waals surface area contributed by atoms with E-state index in [9.17, 15) is 4.79 Å². The van der Waals surface area contributed by atoms with Crippen LogP contribution in [0.25, 0.3) is 11.5 Å². The molecule has 0 aliphatic carbocycles. The minimum atomic E-state index is -0.459. The Balaban J connectivity index is 1.66. The zero-order valence-electron chi connectivity index (χ0n) is 13.1. The Hall–Kier alpha value is -2.02. The molecule has 0 saturated heterocycles. The molecule has 25 heavy (non-hydrogen) atoms. The van der Waals surface area contributed by atoms with Gasteiger partial charge in [0.05, 0.1) is 21.0 Å². The molecule has 0 spiro atoms. The fourth-order valence-corrected chi connectivity index (χ4v) is 3.03. The molecule has 128 valence electrons. The van der Waals surface area contributed by atoms with Crippen molar-refractivity contribution in [2.75, 3.05) is 5.32 Å². The first-order valence-electron chi connectivity index (χ1n) is 7.35. The Kier molecular flexibility index (Phi) is 5.63. The van der Waals surface area contributed by atoms with Crippen molar-refractivity contribution in [2.45, 2.75) is 17.4 Å². The summed E-state index contributed by atoms with van der Waals surface area (Å²) in [6.45, 7) is 1.74. The van der Waals surface area contributed by atoms with Gasteiger partial charge in [-0.15, -0.1) is 10.2 Å². The first kappa shape index (κ1) is 17.8. The maximum atomic E-state index is 12.3. The van der Waals surface area contributed by atoms with Crippen LogP contribution in [-0.2, 0) is 4.79 Å². The van der Waals surface area contributed by atoms with E-state index in [1.807, 2.05) is 30.3 Å². The lowest BCUT2D eigenvalue weighted by Crippen LogP contribution is -2.22. The number of amides is 1. The van der Waals surface area contributed by atoms with Crippen molar-refractivity contribution in [2.24, 2.45) is 0 Å². The lowest BCUT2D eigenvalue weighted by molar-refractivity contribution is -0.115. The van der Waals surface area contributed by atoms with Gasteiger partial charge in [0.15, 0.2) is 0 Å². The van der Waals surface area contributed by atoms with Gasteiger partial charge in [-0.1, -0.05) is 59.2 Å². The molecule has 1 N–H and O–H groups in total. The van der Waals surface area contributed by atoms with Crippen LogP contribution in [0.15, 0.2) is 58.2 Å². The van der Waals surface area contributed by atoms with E-state index in [-0.39, 0.29) is 5.91 Å². The third kappa shape index (κ3) is 4.34. The summed E-state index contributed by atoms with van der Waals surface area (Å²) in [5.41, 5.74) is 1.28. The fraction of sp³-hybridized carbons (Fsp3) is 0.118. The molecule has 0 aliphatic rings. The molecular formula is C17H13Cl2N3O2S. The SMILES string of the molecule is C[C@@H](Sc1nnc(-c2ccccc2)o1)C(=O)Nc1cccc(Cl)c1Cl. The number of aromatic nitrogens is 2. The van der Waals surface area contributed by atoms with Crippen LogP contribution in [0, 0.1) is 0 Å². The summed E-state index contributed by atoms with van der Waals surface area (Å²) in [6, 6.07) is 14.5. The summed E-state index contributed by atoms with van der Waals surface area (Å²) in [6.07, 6.45) is 0. The van der Waals surface area contributed by atoms with Gasteiger partial charge in [-0.3, -0.25) is 4.79 Å². The molecule has 0 aliphatic heterocycles.